The van der Waals surface area contributed by atoms with Gasteiger partial charge in [0.2, 0.25) is 5.91 Å². The zero-order valence-electron chi connectivity index (χ0n) is 18.4. The molecule has 0 bridgehead atoms. The summed E-state index contributed by atoms with van der Waals surface area (Å²) >= 11 is 1.41. The molecule has 0 radical (unpaired) electrons. The first-order valence-corrected chi connectivity index (χ1v) is 11.4. The second-order valence-corrected chi connectivity index (χ2v) is 8.34. The molecule has 10 nitrogen and oxygen atoms in total. The molecule has 0 unspecified atom stereocenters. The van der Waals surface area contributed by atoms with Gasteiger partial charge in [0.15, 0.2) is 11.5 Å². The van der Waals surface area contributed by atoms with Crippen LogP contribution in [-0.4, -0.2) is 40.3 Å². The number of amides is 2. The summed E-state index contributed by atoms with van der Waals surface area (Å²) in [6.45, 7) is 1.26. The molecule has 0 saturated carbocycles. The second-order valence-electron chi connectivity index (χ2n) is 7.62. The molecule has 11 heteroatoms. The van der Waals surface area contributed by atoms with E-state index in [2.05, 4.69) is 10.3 Å². The van der Waals surface area contributed by atoms with Crippen LogP contribution >= 0.6 is 11.3 Å². The number of anilines is 1. The Kier molecular flexibility index (Phi) is 7.02. The van der Waals surface area contributed by atoms with Crippen molar-refractivity contribution in [3.05, 3.63) is 74.2 Å². The molecule has 1 aliphatic heterocycles. The first-order valence-electron chi connectivity index (χ1n) is 10.5. The van der Waals surface area contributed by atoms with Crippen molar-refractivity contribution >= 4 is 34.5 Å². The fourth-order valence-electron chi connectivity index (χ4n) is 3.65. The van der Waals surface area contributed by atoms with Crippen LogP contribution in [0.3, 0.4) is 0 Å². The fourth-order valence-corrected chi connectivity index (χ4v) is 4.20. The lowest BCUT2D eigenvalue weighted by molar-refractivity contribution is -0.385. The summed E-state index contributed by atoms with van der Waals surface area (Å²) < 4.78 is 11.0. The fraction of sp³-hybridized carbons (Fsp3) is 0.261. The predicted octanol–water partition coefficient (Wildman–Crippen LogP) is 4.01. The minimum absolute atomic E-state index is 0.106. The highest BCUT2D eigenvalue weighted by molar-refractivity contribution is 7.07. The number of likely N-dealkylation sites (tertiary alicyclic amines) is 1. The lowest BCUT2D eigenvalue weighted by atomic mass is 10.1. The van der Waals surface area contributed by atoms with E-state index < -0.39 is 16.5 Å². The lowest BCUT2D eigenvalue weighted by Crippen LogP contribution is -2.23. The topological polar surface area (TPSA) is 124 Å². The van der Waals surface area contributed by atoms with Gasteiger partial charge in [-0.2, -0.15) is 0 Å². The summed E-state index contributed by atoms with van der Waals surface area (Å²) in [5, 5.41) is 16.2. The number of carbonyl (C=O) groups is 2. The number of aromatic nitrogens is 1. The van der Waals surface area contributed by atoms with E-state index in [1.165, 1.54) is 30.6 Å². The molecule has 2 heterocycles. The van der Waals surface area contributed by atoms with Gasteiger partial charge >= 0.3 is 0 Å². The van der Waals surface area contributed by atoms with Crippen molar-refractivity contribution in [2.45, 2.75) is 26.0 Å². The highest BCUT2D eigenvalue weighted by atomic mass is 32.1. The van der Waals surface area contributed by atoms with Gasteiger partial charge < -0.3 is 19.7 Å². The number of thiazole rings is 1. The van der Waals surface area contributed by atoms with Gasteiger partial charge in [-0.15, -0.1) is 11.3 Å². The molecule has 3 aromatic rings. The number of rotatable bonds is 9. The molecule has 176 valence electrons. The van der Waals surface area contributed by atoms with E-state index in [1.54, 1.807) is 34.0 Å². The number of nitro benzene ring substituents is 1. The van der Waals surface area contributed by atoms with Crippen molar-refractivity contribution in [2.24, 2.45) is 0 Å². The largest absolute Gasteiger partial charge is 0.493 e. The van der Waals surface area contributed by atoms with Gasteiger partial charge in [-0.25, -0.2) is 4.98 Å². The van der Waals surface area contributed by atoms with Gasteiger partial charge in [0.25, 0.3) is 11.6 Å². The number of benzene rings is 2. The Bertz CT molecular complexity index is 1210. The number of ether oxygens (including phenoxy) is 2. The number of methoxy groups -OCH3 is 1. The highest BCUT2D eigenvalue weighted by Gasteiger charge is 2.25. The second kappa shape index (κ2) is 10.3. The van der Waals surface area contributed by atoms with Crippen LogP contribution in [0.1, 0.15) is 34.5 Å². The molecule has 0 spiro atoms. The van der Waals surface area contributed by atoms with Crippen LogP contribution in [-0.2, 0) is 17.9 Å². The number of nitro groups is 1. The Balaban J connectivity index is 1.54. The van der Waals surface area contributed by atoms with Gasteiger partial charge in [-0.05, 0) is 24.1 Å². The smallest absolute Gasteiger partial charge is 0.286 e. The first-order chi connectivity index (χ1) is 16.4. The number of nitrogens with one attached hydrogen (secondary N) is 1. The average Bonchev–Trinajstić information content (AvgIpc) is 3.49. The van der Waals surface area contributed by atoms with Crippen molar-refractivity contribution in [1.29, 1.82) is 0 Å². The Morgan fingerprint density at radius 3 is 2.82 bits per heavy atom. The van der Waals surface area contributed by atoms with E-state index >= 15 is 0 Å². The summed E-state index contributed by atoms with van der Waals surface area (Å²) in [6.07, 6.45) is 1.38. The van der Waals surface area contributed by atoms with Crippen molar-refractivity contribution in [3.8, 4) is 11.5 Å². The number of hydrogen-bond acceptors (Lipinski definition) is 8. The minimum atomic E-state index is -0.662. The molecule has 34 heavy (non-hydrogen) atoms. The van der Waals surface area contributed by atoms with Crippen LogP contribution in [0.2, 0.25) is 0 Å². The molecule has 1 aliphatic rings. The molecular weight excluding hydrogens is 460 g/mol. The third-order valence-electron chi connectivity index (χ3n) is 5.31. The van der Waals surface area contributed by atoms with Crippen molar-refractivity contribution in [1.82, 2.24) is 9.88 Å². The molecule has 0 atom stereocenters. The van der Waals surface area contributed by atoms with E-state index in [0.717, 1.165) is 12.0 Å². The summed E-state index contributed by atoms with van der Waals surface area (Å²) in [6, 6.07) is 9.52. The van der Waals surface area contributed by atoms with Crippen molar-refractivity contribution in [2.75, 3.05) is 19.0 Å². The maximum Gasteiger partial charge on any atom is 0.286 e. The first kappa shape index (κ1) is 23.2. The van der Waals surface area contributed by atoms with E-state index in [4.69, 9.17) is 9.47 Å². The Morgan fingerprint density at radius 2 is 2.15 bits per heavy atom. The third-order valence-corrected chi connectivity index (χ3v) is 5.95. The van der Waals surface area contributed by atoms with Crippen molar-refractivity contribution in [3.63, 3.8) is 0 Å². The Labute approximate surface area is 199 Å². The molecule has 1 fully saturated rings. The maximum atomic E-state index is 13.0. The van der Waals surface area contributed by atoms with Crippen LogP contribution in [0.15, 0.2) is 47.3 Å². The van der Waals surface area contributed by atoms with Gasteiger partial charge in [0.1, 0.15) is 12.2 Å². The monoisotopic (exact) mass is 482 g/mol. The number of hydrogen-bond donors (Lipinski definition) is 1. The normalized spacial score (nSPS) is 13.1. The highest BCUT2D eigenvalue weighted by Crippen LogP contribution is 2.35. The van der Waals surface area contributed by atoms with E-state index in [1.807, 2.05) is 6.07 Å². The van der Waals surface area contributed by atoms with Crippen LogP contribution in [0, 0.1) is 10.1 Å². The Hall–Kier alpha value is -3.99. The molecule has 1 N–H and O–H groups in total. The summed E-state index contributed by atoms with van der Waals surface area (Å²) in [5.74, 6) is -0.233. The van der Waals surface area contributed by atoms with Gasteiger partial charge in [0.05, 0.1) is 29.3 Å². The number of carbonyl (C=O) groups excluding carboxylic acids is 2. The van der Waals surface area contributed by atoms with Gasteiger partial charge in [0, 0.05) is 36.6 Å². The van der Waals surface area contributed by atoms with Crippen LogP contribution < -0.4 is 14.8 Å². The molecule has 1 saturated heterocycles. The summed E-state index contributed by atoms with van der Waals surface area (Å²) in [4.78, 5) is 41.8. The van der Waals surface area contributed by atoms with Crippen LogP contribution in [0.5, 0.6) is 11.5 Å². The van der Waals surface area contributed by atoms with E-state index in [0.29, 0.717) is 30.9 Å². The Morgan fingerprint density at radius 1 is 1.29 bits per heavy atom. The van der Waals surface area contributed by atoms with Crippen LogP contribution in [0.25, 0.3) is 0 Å². The summed E-state index contributed by atoms with van der Waals surface area (Å²) in [5.41, 5.74) is 3.07. The molecule has 1 aromatic heterocycles. The molecule has 2 amide bonds. The third kappa shape index (κ3) is 5.31. The lowest BCUT2D eigenvalue weighted by Gasteiger charge is -2.16. The van der Waals surface area contributed by atoms with Crippen LogP contribution in [0.4, 0.5) is 11.4 Å². The maximum absolute atomic E-state index is 13.0. The van der Waals surface area contributed by atoms with E-state index in [9.17, 15) is 19.7 Å². The van der Waals surface area contributed by atoms with E-state index in [-0.39, 0.29) is 29.6 Å². The minimum Gasteiger partial charge on any atom is -0.493 e. The van der Waals surface area contributed by atoms with Gasteiger partial charge in [-0.1, -0.05) is 12.1 Å². The average molecular weight is 483 g/mol. The van der Waals surface area contributed by atoms with Gasteiger partial charge in [-0.3, -0.25) is 19.7 Å². The molecule has 2 aromatic carbocycles. The zero-order valence-corrected chi connectivity index (χ0v) is 19.2. The predicted molar refractivity (Wildman–Crippen MR) is 125 cm³/mol. The SMILES string of the molecule is COc1cc(C(=O)Nc2cccc(CN3CCCC3=O)c2)c([N+](=O)[O-])cc1OCc1cscn1. The van der Waals surface area contributed by atoms with Crippen molar-refractivity contribution < 1.29 is 24.0 Å². The molecule has 4 rings (SSSR count). The molecule has 0 aliphatic carbocycles. The standard InChI is InChI=1S/C23H22N4O6S/c1-32-20-9-18(19(27(30)31)10-21(20)33-12-17-13-34-14-24-17)23(29)25-16-5-2-4-15(8-16)11-26-7-3-6-22(26)28/h2,4-5,8-10,13-14H,3,6-7,11-12H2,1H3,(H,25,29). The summed E-state index contributed by atoms with van der Waals surface area (Å²) in [7, 11) is 1.39. The number of nitrogens with zero attached hydrogens (tertiary/aromatic N) is 3. The molecular formula is C23H22N4O6S. The quantitative estimate of drug-likeness (QED) is 0.361. The zero-order chi connectivity index (χ0) is 24.1.